The first-order valence-corrected chi connectivity index (χ1v) is 7.89. The van der Waals surface area contributed by atoms with Gasteiger partial charge >= 0.3 is 0 Å². The van der Waals surface area contributed by atoms with Gasteiger partial charge in [0.05, 0.1) is 13.1 Å². The Balaban J connectivity index is 1.87. The van der Waals surface area contributed by atoms with Crippen molar-refractivity contribution in [1.29, 1.82) is 0 Å². The van der Waals surface area contributed by atoms with Gasteiger partial charge in [-0.05, 0) is 48.9 Å². The summed E-state index contributed by atoms with van der Waals surface area (Å²) in [5.41, 5.74) is 1.37. The highest BCUT2D eigenvalue weighted by Crippen LogP contribution is 2.07. The quantitative estimate of drug-likeness (QED) is 0.557. The smallest absolute Gasteiger partial charge is 0.243 e. The fourth-order valence-corrected chi connectivity index (χ4v) is 2.00. The molecular weight excluding hydrogens is 326 g/mol. The van der Waals surface area contributed by atoms with Crippen LogP contribution >= 0.6 is 0 Å². The summed E-state index contributed by atoms with van der Waals surface area (Å²) in [7, 11) is 0. The number of benzene rings is 2. The molecule has 2 aromatic rings. The number of carbonyl (C=O) groups excluding carboxylic acids is 1. The van der Waals surface area contributed by atoms with Crippen LogP contribution in [0.4, 0.5) is 14.5 Å². The molecule has 0 spiro atoms. The van der Waals surface area contributed by atoms with E-state index in [1.165, 1.54) is 36.4 Å². The molecule has 2 rings (SSSR count). The molecule has 0 saturated heterocycles. The number of amides is 1. The number of anilines is 1. The Kier molecular flexibility index (Phi) is 6.88. The Morgan fingerprint density at radius 3 is 2.16 bits per heavy atom. The van der Waals surface area contributed by atoms with Gasteiger partial charge in [-0.3, -0.25) is 4.79 Å². The minimum absolute atomic E-state index is 0.00657. The van der Waals surface area contributed by atoms with Crippen molar-refractivity contribution >= 4 is 17.6 Å². The monoisotopic (exact) mass is 346 g/mol. The van der Waals surface area contributed by atoms with E-state index in [0.29, 0.717) is 24.7 Å². The first kappa shape index (κ1) is 18.4. The molecule has 3 N–H and O–H groups in total. The molecule has 0 radical (unpaired) electrons. The van der Waals surface area contributed by atoms with Crippen LogP contribution in [-0.2, 0) is 11.3 Å². The van der Waals surface area contributed by atoms with E-state index >= 15 is 0 Å². The summed E-state index contributed by atoms with van der Waals surface area (Å²) in [5, 5.41) is 8.59. The summed E-state index contributed by atoms with van der Waals surface area (Å²) in [6.07, 6.45) is 0. The fourth-order valence-electron chi connectivity index (χ4n) is 2.00. The zero-order valence-electron chi connectivity index (χ0n) is 13.9. The Labute approximate surface area is 145 Å². The number of hydrogen-bond donors (Lipinski definition) is 3. The molecule has 0 atom stereocenters. The van der Waals surface area contributed by atoms with Crippen molar-refractivity contribution in [3.05, 3.63) is 65.7 Å². The molecule has 2 aromatic carbocycles. The van der Waals surface area contributed by atoms with Crippen molar-refractivity contribution in [3.8, 4) is 0 Å². The van der Waals surface area contributed by atoms with E-state index < -0.39 is 0 Å². The standard InChI is InChI=1S/C18H20F2N4O/c1-2-21-18(22-11-13-3-5-14(19)6-4-13)23-12-17(25)24-16-9-7-15(20)8-10-16/h3-10H,2,11-12H2,1H3,(H,24,25)(H2,21,22,23). The third-order valence-corrected chi connectivity index (χ3v) is 3.22. The largest absolute Gasteiger partial charge is 0.357 e. The number of aliphatic imine (C=N–C) groups is 1. The molecule has 1 amide bonds. The highest BCUT2D eigenvalue weighted by atomic mass is 19.1. The lowest BCUT2D eigenvalue weighted by atomic mass is 10.2. The molecule has 0 aliphatic heterocycles. The van der Waals surface area contributed by atoms with Gasteiger partial charge < -0.3 is 16.0 Å². The zero-order chi connectivity index (χ0) is 18.1. The maximum Gasteiger partial charge on any atom is 0.243 e. The summed E-state index contributed by atoms with van der Waals surface area (Å²) in [5.74, 6) is -0.464. The molecule has 7 heteroatoms. The van der Waals surface area contributed by atoms with Gasteiger partial charge in [-0.25, -0.2) is 13.8 Å². The summed E-state index contributed by atoms with van der Waals surface area (Å²) in [6.45, 7) is 2.91. The average molecular weight is 346 g/mol. The lowest BCUT2D eigenvalue weighted by Crippen LogP contribution is -2.41. The van der Waals surface area contributed by atoms with Gasteiger partial charge in [0, 0.05) is 12.2 Å². The SMILES string of the molecule is CCNC(=NCc1ccc(F)cc1)NCC(=O)Nc1ccc(F)cc1. The Hall–Kier alpha value is -2.96. The first-order chi connectivity index (χ1) is 12.1. The average Bonchev–Trinajstić information content (AvgIpc) is 2.61. The van der Waals surface area contributed by atoms with Crippen LogP contribution in [0.5, 0.6) is 0 Å². The molecule has 0 aliphatic rings. The fraction of sp³-hybridized carbons (Fsp3) is 0.222. The molecule has 25 heavy (non-hydrogen) atoms. The van der Waals surface area contributed by atoms with Crippen LogP contribution in [0.1, 0.15) is 12.5 Å². The molecular formula is C18H20F2N4O. The summed E-state index contributed by atoms with van der Waals surface area (Å²) >= 11 is 0. The third kappa shape index (κ3) is 6.58. The lowest BCUT2D eigenvalue weighted by Gasteiger charge is -2.11. The predicted molar refractivity (Wildman–Crippen MR) is 94.2 cm³/mol. The second kappa shape index (κ2) is 9.36. The highest BCUT2D eigenvalue weighted by molar-refractivity contribution is 5.94. The van der Waals surface area contributed by atoms with Gasteiger partial charge in [0.15, 0.2) is 5.96 Å². The number of nitrogens with zero attached hydrogens (tertiary/aromatic N) is 1. The van der Waals surface area contributed by atoms with Gasteiger partial charge in [0.2, 0.25) is 5.91 Å². The third-order valence-electron chi connectivity index (χ3n) is 3.22. The van der Waals surface area contributed by atoms with Crippen molar-refractivity contribution in [2.45, 2.75) is 13.5 Å². The topological polar surface area (TPSA) is 65.5 Å². The summed E-state index contributed by atoms with van der Waals surface area (Å²) in [4.78, 5) is 16.3. The maximum absolute atomic E-state index is 12.9. The van der Waals surface area contributed by atoms with Gasteiger partial charge in [-0.1, -0.05) is 12.1 Å². The van der Waals surface area contributed by atoms with Crippen molar-refractivity contribution in [2.24, 2.45) is 4.99 Å². The predicted octanol–water partition coefficient (Wildman–Crippen LogP) is 2.66. The van der Waals surface area contributed by atoms with E-state index in [2.05, 4.69) is 20.9 Å². The van der Waals surface area contributed by atoms with Crippen LogP contribution in [0, 0.1) is 11.6 Å². The molecule has 0 heterocycles. The Morgan fingerprint density at radius 2 is 1.56 bits per heavy atom. The van der Waals surface area contributed by atoms with Crippen LogP contribution < -0.4 is 16.0 Å². The van der Waals surface area contributed by atoms with Crippen molar-refractivity contribution in [3.63, 3.8) is 0 Å². The van der Waals surface area contributed by atoms with E-state index in [0.717, 1.165) is 5.56 Å². The molecule has 0 saturated carbocycles. The van der Waals surface area contributed by atoms with Gasteiger partial charge in [0.1, 0.15) is 11.6 Å². The number of rotatable bonds is 6. The molecule has 0 unspecified atom stereocenters. The normalized spacial score (nSPS) is 11.1. The minimum Gasteiger partial charge on any atom is -0.357 e. The van der Waals surface area contributed by atoms with E-state index in [-0.39, 0.29) is 24.1 Å². The van der Waals surface area contributed by atoms with Crippen molar-refractivity contribution < 1.29 is 13.6 Å². The molecule has 0 aliphatic carbocycles. The van der Waals surface area contributed by atoms with E-state index in [1.807, 2.05) is 6.92 Å². The van der Waals surface area contributed by atoms with Crippen LogP contribution in [0.25, 0.3) is 0 Å². The van der Waals surface area contributed by atoms with E-state index in [4.69, 9.17) is 0 Å². The summed E-state index contributed by atoms with van der Waals surface area (Å²) in [6, 6.07) is 11.6. The molecule has 0 bridgehead atoms. The van der Waals surface area contributed by atoms with Crippen LogP contribution in [-0.4, -0.2) is 25.0 Å². The number of carbonyl (C=O) groups is 1. The zero-order valence-corrected chi connectivity index (χ0v) is 13.9. The van der Waals surface area contributed by atoms with Crippen LogP contribution in [0.15, 0.2) is 53.5 Å². The van der Waals surface area contributed by atoms with Gasteiger partial charge in [-0.15, -0.1) is 0 Å². The first-order valence-electron chi connectivity index (χ1n) is 7.89. The molecule has 5 nitrogen and oxygen atoms in total. The van der Waals surface area contributed by atoms with Crippen molar-refractivity contribution in [2.75, 3.05) is 18.4 Å². The van der Waals surface area contributed by atoms with E-state index in [1.54, 1.807) is 12.1 Å². The number of guanidine groups is 1. The second-order valence-electron chi connectivity index (χ2n) is 5.23. The minimum atomic E-state index is -0.363. The van der Waals surface area contributed by atoms with Gasteiger partial charge in [0.25, 0.3) is 0 Å². The van der Waals surface area contributed by atoms with Crippen LogP contribution in [0.3, 0.4) is 0 Å². The van der Waals surface area contributed by atoms with Crippen molar-refractivity contribution in [1.82, 2.24) is 10.6 Å². The highest BCUT2D eigenvalue weighted by Gasteiger charge is 2.04. The number of nitrogens with one attached hydrogen (secondary N) is 3. The second-order valence-corrected chi connectivity index (χ2v) is 5.23. The summed E-state index contributed by atoms with van der Waals surface area (Å²) < 4.78 is 25.7. The van der Waals surface area contributed by atoms with E-state index in [9.17, 15) is 13.6 Å². The number of halogens is 2. The van der Waals surface area contributed by atoms with Crippen LogP contribution in [0.2, 0.25) is 0 Å². The molecule has 132 valence electrons. The number of hydrogen-bond acceptors (Lipinski definition) is 2. The lowest BCUT2D eigenvalue weighted by molar-refractivity contribution is -0.115. The van der Waals surface area contributed by atoms with Gasteiger partial charge in [-0.2, -0.15) is 0 Å². The maximum atomic E-state index is 12.9. The molecule has 0 aromatic heterocycles. The Morgan fingerprint density at radius 1 is 0.960 bits per heavy atom. The molecule has 0 fully saturated rings. The Bertz CT molecular complexity index is 715.